The van der Waals surface area contributed by atoms with E-state index in [1.807, 2.05) is 0 Å². The molecule has 0 saturated heterocycles. The van der Waals surface area contributed by atoms with E-state index in [0.717, 1.165) is 6.26 Å². The van der Waals surface area contributed by atoms with Gasteiger partial charge in [-0.15, -0.1) is 0 Å². The van der Waals surface area contributed by atoms with Crippen LogP contribution in [0.25, 0.3) is 11.5 Å². The Morgan fingerprint density at radius 3 is 2.20 bits per heavy atom. The molecule has 158 valence electrons. The molecule has 0 amide bonds. The Labute approximate surface area is 173 Å². The molecule has 2 aromatic carbocycles. The van der Waals surface area contributed by atoms with Crippen LogP contribution in [-0.4, -0.2) is 46.8 Å². The molecular weight excluding hydrogens is 412 g/mol. The minimum Gasteiger partial charge on any atom is -0.493 e. The number of oxazole rings is 1. The highest BCUT2D eigenvalue weighted by Gasteiger charge is 2.22. The number of ether oxygens (including phenoxy) is 3. The van der Waals surface area contributed by atoms with Gasteiger partial charge in [-0.2, -0.15) is 0 Å². The first kappa shape index (κ1) is 21.2. The topological polar surface area (TPSA) is 117 Å². The normalized spacial score (nSPS) is 11.1. The highest BCUT2D eigenvalue weighted by atomic mass is 32.2. The van der Waals surface area contributed by atoms with Gasteiger partial charge in [-0.1, -0.05) is 0 Å². The first-order valence-electron chi connectivity index (χ1n) is 8.63. The number of nitrogens with one attached hydrogen (secondary N) is 1. The lowest BCUT2D eigenvalue weighted by molar-refractivity contribution is 0.103. The predicted octanol–water partition coefficient (Wildman–Crippen LogP) is 2.97. The Morgan fingerprint density at radius 2 is 1.70 bits per heavy atom. The fourth-order valence-corrected chi connectivity index (χ4v) is 3.47. The van der Waals surface area contributed by atoms with Crippen LogP contribution >= 0.6 is 0 Å². The number of hydrogen-bond acceptors (Lipinski definition) is 8. The van der Waals surface area contributed by atoms with Crippen molar-refractivity contribution >= 4 is 21.5 Å². The Bertz CT molecular complexity index is 1150. The van der Waals surface area contributed by atoms with Crippen molar-refractivity contribution in [1.82, 2.24) is 4.98 Å². The number of rotatable bonds is 8. The van der Waals surface area contributed by atoms with Gasteiger partial charge in [0.1, 0.15) is 6.26 Å². The van der Waals surface area contributed by atoms with Gasteiger partial charge in [0, 0.05) is 16.7 Å². The summed E-state index contributed by atoms with van der Waals surface area (Å²) in [4.78, 5) is 17.4. The number of methoxy groups -OCH3 is 3. The third kappa shape index (κ3) is 4.38. The summed E-state index contributed by atoms with van der Waals surface area (Å²) in [7, 11) is 0.697. The number of carbonyl (C=O) groups excluding carboxylic acids is 1. The van der Waals surface area contributed by atoms with Crippen LogP contribution in [0.4, 0.5) is 5.69 Å². The number of anilines is 1. The van der Waals surface area contributed by atoms with Crippen LogP contribution < -0.4 is 18.9 Å². The van der Waals surface area contributed by atoms with E-state index < -0.39 is 15.8 Å². The summed E-state index contributed by atoms with van der Waals surface area (Å²) in [5.41, 5.74) is 0.942. The van der Waals surface area contributed by atoms with E-state index in [9.17, 15) is 13.2 Å². The van der Waals surface area contributed by atoms with Gasteiger partial charge in [0.25, 0.3) is 0 Å². The summed E-state index contributed by atoms with van der Waals surface area (Å²) < 4.78 is 47.1. The van der Waals surface area contributed by atoms with E-state index in [2.05, 4.69) is 9.71 Å². The lowest BCUT2D eigenvalue weighted by atomic mass is 9.98. The van der Waals surface area contributed by atoms with Gasteiger partial charge in [-0.05, 0) is 30.3 Å². The van der Waals surface area contributed by atoms with Crippen molar-refractivity contribution in [2.75, 3.05) is 32.3 Å². The highest BCUT2D eigenvalue weighted by molar-refractivity contribution is 7.92. The maximum atomic E-state index is 13.4. The van der Waals surface area contributed by atoms with Crippen LogP contribution in [-0.2, 0) is 10.0 Å². The molecule has 0 radical (unpaired) electrons. The van der Waals surface area contributed by atoms with E-state index in [-0.39, 0.29) is 16.8 Å². The zero-order chi connectivity index (χ0) is 21.9. The molecule has 10 heteroatoms. The molecule has 0 saturated carbocycles. The van der Waals surface area contributed by atoms with Crippen molar-refractivity contribution in [2.45, 2.75) is 0 Å². The molecule has 9 nitrogen and oxygen atoms in total. The van der Waals surface area contributed by atoms with E-state index in [1.165, 1.54) is 58.1 Å². The Morgan fingerprint density at radius 1 is 1.03 bits per heavy atom. The molecule has 3 rings (SSSR count). The molecule has 0 fully saturated rings. The summed E-state index contributed by atoms with van der Waals surface area (Å²) in [5.74, 6) is 0.747. The first-order chi connectivity index (χ1) is 14.3. The first-order valence-corrected chi connectivity index (χ1v) is 10.5. The summed E-state index contributed by atoms with van der Waals surface area (Å²) in [5, 5.41) is 0. The van der Waals surface area contributed by atoms with Crippen LogP contribution in [0, 0.1) is 0 Å². The molecule has 0 aliphatic rings. The van der Waals surface area contributed by atoms with Crippen LogP contribution in [0.3, 0.4) is 0 Å². The van der Waals surface area contributed by atoms with Gasteiger partial charge in [-0.3, -0.25) is 9.52 Å². The van der Waals surface area contributed by atoms with Gasteiger partial charge in [0.2, 0.25) is 21.7 Å². The van der Waals surface area contributed by atoms with Crippen molar-refractivity contribution in [1.29, 1.82) is 0 Å². The monoisotopic (exact) mass is 432 g/mol. The van der Waals surface area contributed by atoms with Gasteiger partial charge in [0.15, 0.2) is 17.3 Å². The summed E-state index contributed by atoms with van der Waals surface area (Å²) in [6.45, 7) is 0. The Kier molecular flexibility index (Phi) is 5.97. The van der Waals surface area contributed by atoms with E-state index >= 15 is 0 Å². The number of benzene rings is 2. The molecular formula is C20H20N2O7S. The zero-order valence-corrected chi connectivity index (χ0v) is 17.6. The molecule has 30 heavy (non-hydrogen) atoms. The van der Waals surface area contributed by atoms with Crippen molar-refractivity contribution in [2.24, 2.45) is 0 Å². The molecule has 0 aliphatic carbocycles. The van der Waals surface area contributed by atoms with Crippen LogP contribution in [0.2, 0.25) is 0 Å². The smallest absolute Gasteiger partial charge is 0.229 e. The maximum absolute atomic E-state index is 13.4. The number of carbonyl (C=O) groups is 1. The molecule has 0 unspecified atom stereocenters. The van der Waals surface area contributed by atoms with Gasteiger partial charge in [-0.25, -0.2) is 13.4 Å². The second-order valence-corrected chi connectivity index (χ2v) is 7.96. The second kappa shape index (κ2) is 8.46. The average molecular weight is 432 g/mol. The van der Waals surface area contributed by atoms with Crippen LogP contribution in [0.5, 0.6) is 17.2 Å². The van der Waals surface area contributed by atoms with E-state index in [4.69, 9.17) is 18.6 Å². The third-order valence-corrected chi connectivity index (χ3v) is 4.76. The molecule has 0 aliphatic heterocycles. The molecule has 1 N–H and O–H groups in total. The minimum absolute atomic E-state index is 0.102. The average Bonchev–Trinajstić information content (AvgIpc) is 3.26. The predicted molar refractivity (Wildman–Crippen MR) is 110 cm³/mol. The fraction of sp³-hybridized carbons (Fsp3) is 0.200. The van der Waals surface area contributed by atoms with Crippen LogP contribution in [0.1, 0.15) is 15.9 Å². The number of nitrogens with zero attached hydrogens (tertiary/aromatic N) is 1. The Hall–Kier alpha value is -3.53. The molecule has 0 atom stereocenters. The van der Waals surface area contributed by atoms with E-state index in [1.54, 1.807) is 6.07 Å². The second-order valence-electron chi connectivity index (χ2n) is 6.21. The van der Waals surface area contributed by atoms with Gasteiger partial charge >= 0.3 is 0 Å². The molecule has 1 aromatic heterocycles. The number of ketones is 1. The van der Waals surface area contributed by atoms with Crippen molar-refractivity contribution in [3.63, 3.8) is 0 Å². The standard InChI is InChI=1S/C20H20N2O7S/c1-26-16-10-13(11-17(27-2)19(16)28-3)18(23)14-9-12(20-21-7-8-29-20)5-6-15(14)22-30(4,24)25/h5-11,22H,1-4H3. The van der Waals surface area contributed by atoms with E-state index in [0.29, 0.717) is 28.7 Å². The van der Waals surface area contributed by atoms with Crippen molar-refractivity contribution in [3.8, 4) is 28.7 Å². The number of hydrogen-bond donors (Lipinski definition) is 1. The zero-order valence-electron chi connectivity index (χ0n) is 16.8. The molecule has 0 bridgehead atoms. The fourth-order valence-electron chi connectivity index (χ4n) is 2.89. The van der Waals surface area contributed by atoms with Crippen LogP contribution in [0.15, 0.2) is 47.2 Å². The highest BCUT2D eigenvalue weighted by Crippen LogP contribution is 2.39. The third-order valence-electron chi connectivity index (χ3n) is 4.17. The summed E-state index contributed by atoms with van der Waals surface area (Å²) in [6, 6.07) is 7.57. The van der Waals surface area contributed by atoms with Gasteiger partial charge < -0.3 is 18.6 Å². The maximum Gasteiger partial charge on any atom is 0.229 e. The van der Waals surface area contributed by atoms with Crippen molar-refractivity contribution in [3.05, 3.63) is 53.9 Å². The Balaban J connectivity index is 2.17. The van der Waals surface area contributed by atoms with Gasteiger partial charge in [0.05, 0.1) is 39.5 Å². The minimum atomic E-state index is -3.63. The number of aromatic nitrogens is 1. The molecule has 1 heterocycles. The number of sulfonamides is 1. The SMILES string of the molecule is COc1cc(C(=O)c2cc(-c3ncco3)ccc2NS(C)(=O)=O)cc(OC)c1OC. The van der Waals surface area contributed by atoms with Crippen molar-refractivity contribution < 1.29 is 31.8 Å². The lowest BCUT2D eigenvalue weighted by Gasteiger charge is -2.15. The molecule has 3 aromatic rings. The summed E-state index contributed by atoms with van der Waals surface area (Å²) in [6.07, 6.45) is 3.88. The lowest BCUT2D eigenvalue weighted by Crippen LogP contribution is -2.14. The quantitative estimate of drug-likeness (QED) is 0.540. The summed E-state index contributed by atoms with van der Waals surface area (Å²) >= 11 is 0. The largest absolute Gasteiger partial charge is 0.493 e. The molecule has 0 spiro atoms.